The van der Waals surface area contributed by atoms with Crippen molar-refractivity contribution < 1.29 is 19.0 Å². The first-order valence-electron chi connectivity index (χ1n) is 9.46. The number of ether oxygens (including phenoxy) is 3. The zero-order valence-electron chi connectivity index (χ0n) is 16.8. The van der Waals surface area contributed by atoms with Crippen molar-refractivity contribution in [2.24, 2.45) is 5.10 Å². The maximum absolute atomic E-state index is 11.5. The molecule has 2 aromatic carbocycles. The fraction of sp³-hybridized carbons (Fsp3) is 0.227. The second-order valence-electron chi connectivity index (χ2n) is 6.06. The van der Waals surface area contributed by atoms with Crippen LogP contribution in [0.4, 0.5) is 5.13 Å². The van der Waals surface area contributed by atoms with Crippen molar-refractivity contribution in [1.82, 2.24) is 4.98 Å². The number of hydrogen-bond acceptors (Lipinski definition) is 8. The Hall–Kier alpha value is -3.39. The summed E-state index contributed by atoms with van der Waals surface area (Å²) < 4.78 is 16.1. The Morgan fingerprint density at radius 2 is 2.03 bits per heavy atom. The average molecular weight is 426 g/mol. The van der Waals surface area contributed by atoms with E-state index in [1.165, 1.54) is 11.3 Å². The fourth-order valence-corrected chi connectivity index (χ4v) is 3.31. The molecule has 0 atom stereocenters. The molecule has 0 bridgehead atoms. The van der Waals surface area contributed by atoms with Crippen LogP contribution in [0.5, 0.6) is 11.5 Å². The summed E-state index contributed by atoms with van der Waals surface area (Å²) in [5.74, 6) is 0.768. The van der Waals surface area contributed by atoms with Gasteiger partial charge >= 0.3 is 5.97 Å². The van der Waals surface area contributed by atoms with Gasteiger partial charge in [0.1, 0.15) is 0 Å². The number of carbonyl (C=O) groups is 1. The monoisotopic (exact) mass is 425 g/mol. The van der Waals surface area contributed by atoms with Crippen molar-refractivity contribution in [2.45, 2.75) is 13.3 Å². The van der Waals surface area contributed by atoms with Crippen LogP contribution in [0.1, 0.15) is 18.9 Å². The average Bonchev–Trinajstić information content (AvgIpc) is 3.24. The summed E-state index contributed by atoms with van der Waals surface area (Å²) in [7, 11) is 1.56. The van der Waals surface area contributed by atoms with Crippen molar-refractivity contribution in [2.75, 3.05) is 25.7 Å². The van der Waals surface area contributed by atoms with Gasteiger partial charge in [0, 0.05) is 16.5 Å². The van der Waals surface area contributed by atoms with Gasteiger partial charge in [-0.05, 0) is 19.1 Å². The van der Waals surface area contributed by atoms with Gasteiger partial charge in [-0.1, -0.05) is 36.4 Å². The Balaban J connectivity index is 1.66. The van der Waals surface area contributed by atoms with Crippen LogP contribution >= 0.6 is 11.3 Å². The second-order valence-corrected chi connectivity index (χ2v) is 6.91. The van der Waals surface area contributed by atoms with Gasteiger partial charge in [-0.15, -0.1) is 11.3 Å². The van der Waals surface area contributed by atoms with Crippen molar-refractivity contribution in [3.63, 3.8) is 0 Å². The SMILES string of the molecule is CCOC(=O)CCOc1c(C=NNc2nc(-c3ccccc3)cs2)cccc1OC. The molecule has 3 rings (SSSR count). The Morgan fingerprint density at radius 1 is 1.20 bits per heavy atom. The minimum Gasteiger partial charge on any atom is -0.493 e. The number of benzene rings is 2. The number of para-hydroxylation sites is 1. The predicted octanol–water partition coefficient (Wildman–Crippen LogP) is 4.60. The standard InChI is InChI=1S/C22H23N3O4S/c1-3-28-20(26)12-13-29-21-17(10-7-11-19(21)27-2)14-23-25-22-24-18(15-30-22)16-8-5-4-6-9-16/h4-11,14-15H,3,12-13H2,1-2H3,(H,24,25). The van der Waals surface area contributed by atoms with E-state index in [2.05, 4.69) is 15.5 Å². The van der Waals surface area contributed by atoms with Gasteiger partial charge in [0.15, 0.2) is 11.5 Å². The van der Waals surface area contributed by atoms with Crippen LogP contribution in [0.25, 0.3) is 11.3 Å². The number of nitrogens with one attached hydrogen (secondary N) is 1. The molecule has 8 heteroatoms. The van der Waals surface area contributed by atoms with Crippen molar-refractivity contribution >= 4 is 28.7 Å². The van der Waals surface area contributed by atoms with Crippen LogP contribution < -0.4 is 14.9 Å². The molecule has 1 aromatic heterocycles. The summed E-state index contributed by atoms with van der Waals surface area (Å²) in [6.07, 6.45) is 1.79. The molecule has 7 nitrogen and oxygen atoms in total. The lowest BCUT2D eigenvalue weighted by Crippen LogP contribution is -2.10. The van der Waals surface area contributed by atoms with Crippen LogP contribution in [0.15, 0.2) is 59.0 Å². The van der Waals surface area contributed by atoms with E-state index in [0.717, 1.165) is 11.3 Å². The number of rotatable bonds is 10. The molecule has 0 aliphatic heterocycles. The molecule has 0 unspecified atom stereocenters. The Bertz CT molecular complexity index is 989. The Kier molecular flexibility index (Phi) is 7.79. The third kappa shape index (κ3) is 5.81. The normalized spacial score (nSPS) is 10.7. The van der Waals surface area contributed by atoms with E-state index >= 15 is 0 Å². The minimum absolute atomic E-state index is 0.155. The smallest absolute Gasteiger partial charge is 0.309 e. The van der Waals surface area contributed by atoms with Crippen LogP contribution in [0.3, 0.4) is 0 Å². The maximum atomic E-state index is 11.5. The molecule has 156 valence electrons. The Labute approximate surface area is 179 Å². The zero-order valence-corrected chi connectivity index (χ0v) is 17.6. The van der Waals surface area contributed by atoms with Crippen molar-refractivity contribution in [3.05, 3.63) is 59.5 Å². The topological polar surface area (TPSA) is 82.0 Å². The van der Waals surface area contributed by atoms with Crippen LogP contribution in [-0.2, 0) is 9.53 Å². The highest BCUT2D eigenvalue weighted by atomic mass is 32.1. The summed E-state index contributed by atoms with van der Waals surface area (Å²) in [5.41, 5.74) is 5.60. The van der Waals surface area contributed by atoms with Crippen molar-refractivity contribution in [3.8, 4) is 22.8 Å². The molecule has 0 saturated heterocycles. The molecule has 0 fully saturated rings. The molecule has 0 spiro atoms. The van der Waals surface area contributed by atoms with Crippen LogP contribution in [0.2, 0.25) is 0 Å². The fourth-order valence-electron chi connectivity index (χ4n) is 2.64. The van der Waals surface area contributed by atoms with Crippen LogP contribution in [0, 0.1) is 0 Å². The predicted molar refractivity (Wildman–Crippen MR) is 119 cm³/mol. The van der Waals surface area contributed by atoms with E-state index in [1.54, 1.807) is 26.3 Å². The molecule has 0 radical (unpaired) electrons. The highest BCUT2D eigenvalue weighted by molar-refractivity contribution is 7.14. The summed E-state index contributed by atoms with van der Waals surface area (Å²) in [6.45, 7) is 2.30. The number of carbonyl (C=O) groups excluding carboxylic acids is 1. The van der Waals surface area contributed by atoms with Gasteiger partial charge in [0.25, 0.3) is 0 Å². The van der Waals surface area contributed by atoms with E-state index in [9.17, 15) is 4.79 Å². The highest BCUT2D eigenvalue weighted by Crippen LogP contribution is 2.30. The van der Waals surface area contributed by atoms with E-state index in [4.69, 9.17) is 14.2 Å². The number of thiazole rings is 1. The number of methoxy groups -OCH3 is 1. The van der Waals surface area contributed by atoms with Gasteiger partial charge in [-0.2, -0.15) is 5.10 Å². The number of nitrogens with zero attached hydrogens (tertiary/aromatic N) is 2. The van der Waals surface area contributed by atoms with Crippen molar-refractivity contribution in [1.29, 1.82) is 0 Å². The first kappa shape index (κ1) is 21.3. The molecular formula is C22H23N3O4S. The molecule has 3 aromatic rings. The lowest BCUT2D eigenvalue weighted by molar-refractivity contribution is -0.143. The summed E-state index contributed by atoms with van der Waals surface area (Å²) in [5, 5.41) is 6.93. The Morgan fingerprint density at radius 3 is 2.80 bits per heavy atom. The second kappa shape index (κ2) is 11.0. The van der Waals surface area contributed by atoms with Gasteiger partial charge < -0.3 is 14.2 Å². The number of anilines is 1. The third-order valence-corrected chi connectivity index (χ3v) is 4.77. The molecule has 1 heterocycles. The lowest BCUT2D eigenvalue weighted by Gasteiger charge is -2.12. The summed E-state index contributed by atoms with van der Waals surface area (Å²) in [6, 6.07) is 15.4. The summed E-state index contributed by atoms with van der Waals surface area (Å²) in [4.78, 5) is 16.1. The zero-order chi connectivity index (χ0) is 21.2. The minimum atomic E-state index is -0.303. The summed E-state index contributed by atoms with van der Waals surface area (Å²) >= 11 is 1.47. The van der Waals surface area contributed by atoms with Gasteiger partial charge in [-0.25, -0.2) is 4.98 Å². The first-order valence-corrected chi connectivity index (χ1v) is 10.3. The highest BCUT2D eigenvalue weighted by Gasteiger charge is 2.11. The molecule has 30 heavy (non-hydrogen) atoms. The number of esters is 1. The lowest BCUT2D eigenvalue weighted by atomic mass is 10.2. The number of hydrogen-bond donors (Lipinski definition) is 1. The quantitative estimate of drug-likeness (QED) is 0.290. The van der Waals surface area contributed by atoms with E-state index in [1.807, 2.05) is 47.8 Å². The molecular weight excluding hydrogens is 402 g/mol. The third-order valence-electron chi connectivity index (χ3n) is 4.02. The maximum Gasteiger partial charge on any atom is 0.309 e. The first-order chi connectivity index (χ1) is 14.7. The molecule has 0 saturated carbocycles. The van der Waals surface area contributed by atoms with E-state index in [-0.39, 0.29) is 19.0 Å². The van der Waals surface area contributed by atoms with E-state index in [0.29, 0.717) is 28.8 Å². The molecule has 0 aliphatic carbocycles. The number of aromatic nitrogens is 1. The molecule has 0 aliphatic rings. The van der Waals surface area contributed by atoms with Gasteiger partial charge in [-0.3, -0.25) is 10.2 Å². The molecule has 0 amide bonds. The van der Waals surface area contributed by atoms with Gasteiger partial charge in [0.2, 0.25) is 5.13 Å². The van der Waals surface area contributed by atoms with Gasteiger partial charge in [0.05, 0.1) is 38.7 Å². The largest absolute Gasteiger partial charge is 0.493 e. The van der Waals surface area contributed by atoms with Crippen LogP contribution in [-0.4, -0.2) is 37.5 Å². The molecule has 1 N–H and O–H groups in total. The number of hydrazone groups is 1. The van der Waals surface area contributed by atoms with E-state index < -0.39 is 0 Å².